The van der Waals surface area contributed by atoms with Crippen molar-refractivity contribution in [3.05, 3.63) is 35.7 Å². The minimum Gasteiger partial charge on any atom is -0.464 e. The number of aromatic nitrogens is 1. The number of nitrogens with one attached hydrogen (secondary N) is 3. The van der Waals surface area contributed by atoms with Crippen molar-refractivity contribution in [3.8, 4) is 0 Å². The average molecular weight is 288 g/mol. The van der Waals surface area contributed by atoms with Crippen LogP contribution in [0.5, 0.6) is 0 Å². The number of carbonyl (C=O) groups is 1. The predicted octanol–water partition coefficient (Wildman–Crippen LogP) is 1.28. The van der Waals surface area contributed by atoms with Crippen LogP contribution in [0, 0.1) is 5.41 Å². The molecule has 0 aliphatic carbocycles. The van der Waals surface area contributed by atoms with Crippen LogP contribution >= 0.6 is 0 Å². The Morgan fingerprint density at radius 3 is 3.24 bits per heavy atom. The standard InChI is InChI=1S/C15H20N4O2/c1-21-15(20)13(16)7-10-17-9-6-12-5-4-11-3-2-8-18-14(11)19-12/h4-5,7,10,16-17H,2-3,6,8-9H2,1H3,(H,18,19)/b10-7-,16-13?. The van der Waals surface area contributed by atoms with Gasteiger partial charge in [-0.2, -0.15) is 0 Å². The van der Waals surface area contributed by atoms with Gasteiger partial charge < -0.3 is 15.4 Å². The lowest BCUT2D eigenvalue weighted by Gasteiger charge is -2.17. The van der Waals surface area contributed by atoms with E-state index in [2.05, 4.69) is 26.4 Å². The Hall–Kier alpha value is -2.37. The summed E-state index contributed by atoms with van der Waals surface area (Å²) in [7, 11) is 1.26. The maximum atomic E-state index is 11.0. The molecule has 0 unspecified atom stereocenters. The van der Waals surface area contributed by atoms with Crippen molar-refractivity contribution < 1.29 is 9.53 Å². The van der Waals surface area contributed by atoms with Crippen molar-refractivity contribution in [2.24, 2.45) is 0 Å². The van der Waals surface area contributed by atoms with Gasteiger partial charge in [-0.15, -0.1) is 0 Å². The van der Waals surface area contributed by atoms with Crippen molar-refractivity contribution in [2.75, 3.05) is 25.5 Å². The molecule has 2 heterocycles. The summed E-state index contributed by atoms with van der Waals surface area (Å²) < 4.78 is 4.43. The molecule has 0 spiro atoms. The maximum Gasteiger partial charge on any atom is 0.355 e. The van der Waals surface area contributed by atoms with Crippen LogP contribution in [-0.4, -0.2) is 36.9 Å². The Bertz CT molecular complexity index is 555. The average Bonchev–Trinajstić information content (AvgIpc) is 2.53. The smallest absolute Gasteiger partial charge is 0.355 e. The first kappa shape index (κ1) is 15.0. The van der Waals surface area contributed by atoms with Crippen LogP contribution in [0.15, 0.2) is 24.4 Å². The molecule has 6 nitrogen and oxygen atoms in total. The van der Waals surface area contributed by atoms with Gasteiger partial charge in [-0.3, -0.25) is 5.41 Å². The molecule has 0 saturated heterocycles. The van der Waals surface area contributed by atoms with Crippen LogP contribution in [0.25, 0.3) is 0 Å². The number of methoxy groups -OCH3 is 1. The minimum atomic E-state index is -0.643. The molecule has 6 heteroatoms. The second kappa shape index (κ2) is 7.42. The van der Waals surface area contributed by atoms with Crippen LogP contribution in [-0.2, 0) is 22.4 Å². The fraction of sp³-hybridized carbons (Fsp3) is 0.400. The molecule has 0 saturated carbocycles. The lowest BCUT2D eigenvalue weighted by molar-refractivity contribution is -0.132. The molecule has 0 fully saturated rings. The van der Waals surface area contributed by atoms with Crippen molar-refractivity contribution in [1.82, 2.24) is 10.3 Å². The number of pyridine rings is 1. The second-order valence-corrected chi connectivity index (χ2v) is 4.78. The highest BCUT2D eigenvalue weighted by molar-refractivity contribution is 6.39. The van der Waals surface area contributed by atoms with E-state index in [-0.39, 0.29) is 5.71 Å². The van der Waals surface area contributed by atoms with E-state index in [0.29, 0.717) is 6.54 Å². The zero-order valence-corrected chi connectivity index (χ0v) is 12.1. The molecule has 0 bridgehead atoms. The number of ether oxygens (including phenoxy) is 1. The zero-order valence-electron chi connectivity index (χ0n) is 12.1. The van der Waals surface area contributed by atoms with Gasteiger partial charge in [0, 0.05) is 25.2 Å². The summed E-state index contributed by atoms with van der Waals surface area (Å²) in [6, 6.07) is 4.18. The van der Waals surface area contributed by atoms with E-state index in [1.807, 2.05) is 6.07 Å². The quantitative estimate of drug-likeness (QED) is 0.417. The van der Waals surface area contributed by atoms with Gasteiger partial charge in [0.15, 0.2) is 0 Å². The summed E-state index contributed by atoms with van der Waals surface area (Å²) >= 11 is 0. The molecule has 0 atom stereocenters. The maximum absolute atomic E-state index is 11.0. The number of aryl methyl sites for hydroxylation is 1. The molecule has 112 valence electrons. The first-order valence-electron chi connectivity index (χ1n) is 7.00. The number of nitrogens with zero attached hydrogens (tertiary/aromatic N) is 1. The summed E-state index contributed by atoms with van der Waals surface area (Å²) in [4.78, 5) is 15.6. The molecule has 3 N–H and O–H groups in total. The number of anilines is 1. The van der Waals surface area contributed by atoms with Gasteiger partial charge in [-0.25, -0.2) is 9.78 Å². The zero-order chi connectivity index (χ0) is 15.1. The summed E-state index contributed by atoms with van der Waals surface area (Å²) in [5, 5.41) is 13.7. The molecule has 1 aliphatic heterocycles. The summed E-state index contributed by atoms with van der Waals surface area (Å²) in [5.41, 5.74) is 2.12. The van der Waals surface area contributed by atoms with Crippen molar-refractivity contribution >= 4 is 17.5 Å². The van der Waals surface area contributed by atoms with Gasteiger partial charge in [0.1, 0.15) is 11.5 Å². The number of hydrogen-bond acceptors (Lipinski definition) is 6. The monoisotopic (exact) mass is 288 g/mol. The van der Waals surface area contributed by atoms with Gasteiger partial charge in [0.25, 0.3) is 0 Å². The van der Waals surface area contributed by atoms with Crippen molar-refractivity contribution in [3.63, 3.8) is 0 Å². The normalized spacial score (nSPS) is 13.4. The van der Waals surface area contributed by atoms with Gasteiger partial charge in [0.2, 0.25) is 0 Å². The number of rotatable bonds is 6. The molecule has 0 radical (unpaired) electrons. The molecular weight excluding hydrogens is 268 g/mol. The largest absolute Gasteiger partial charge is 0.464 e. The number of carbonyl (C=O) groups excluding carboxylic acids is 1. The first-order chi connectivity index (χ1) is 10.2. The van der Waals surface area contributed by atoms with E-state index < -0.39 is 5.97 Å². The fourth-order valence-electron chi connectivity index (χ4n) is 2.11. The summed E-state index contributed by atoms with van der Waals surface area (Å²) in [6.45, 7) is 1.68. The third-order valence-electron chi connectivity index (χ3n) is 3.25. The van der Waals surface area contributed by atoms with Crippen LogP contribution in [0.1, 0.15) is 17.7 Å². The Morgan fingerprint density at radius 1 is 1.57 bits per heavy atom. The Balaban J connectivity index is 1.77. The van der Waals surface area contributed by atoms with Gasteiger partial charge in [-0.1, -0.05) is 6.07 Å². The van der Waals surface area contributed by atoms with Crippen molar-refractivity contribution in [2.45, 2.75) is 19.3 Å². The van der Waals surface area contributed by atoms with Crippen molar-refractivity contribution in [1.29, 1.82) is 5.41 Å². The van der Waals surface area contributed by atoms with Crippen LogP contribution in [0.3, 0.4) is 0 Å². The third-order valence-corrected chi connectivity index (χ3v) is 3.25. The summed E-state index contributed by atoms with van der Waals surface area (Å²) in [6.07, 6.45) is 5.99. The Kier molecular flexibility index (Phi) is 5.31. The van der Waals surface area contributed by atoms with Gasteiger partial charge in [0.05, 0.1) is 7.11 Å². The molecule has 2 rings (SSSR count). The molecular formula is C15H20N4O2. The lowest BCUT2D eigenvalue weighted by Crippen LogP contribution is -2.16. The molecule has 1 aromatic rings. The Morgan fingerprint density at radius 2 is 2.43 bits per heavy atom. The highest BCUT2D eigenvalue weighted by Crippen LogP contribution is 2.19. The highest BCUT2D eigenvalue weighted by Gasteiger charge is 2.09. The van der Waals surface area contributed by atoms with E-state index in [4.69, 9.17) is 5.41 Å². The third kappa shape index (κ3) is 4.30. The summed E-state index contributed by atoms with van der Waals surface area (Å²) in [5.74, 6) is 0.359. The van der Waals surface area contributed by atoms with Gasteiger partial charge in [-0.05, 0) is 36.7 Å². The Labute approximate surface area is 124 Å². The number of esters is 1. The number of hydrogen-bond donors (Lipinski definition) is 3. The molecule has 1 aliphatic rings. The second-order valence-electron chi connectivity index (χ2n) is 4.78. The fourth-order valence-corrected chi connectivity index (χ4v) is 2.11. The van der Waals surface area contributed by atoms with Crippen LogP contribution in [0.4, 0.5) is 5.82 Å². The molecule has 0 amide bonds. The van der Waals surface area contributed by atoms with Gasteiger partial charge >= 0.3 is 5.97 Å². The van der Waals surface area contributed by atoms with E-state index in [1.165, 1.54) is 18.7 Å². The highest BCUT2D eigenvalue weighted by atomic mass is 16.5. The van der Waals surface area contributed by atoms with E-state index in [1.54, 1.807) is 6.20 Å². The molecule has 1 aromatic heterocycles. The minimum absolute atomic E-state index is 0.180. The van der Waals surface area contributed by atoms with E-state index >= 15 is 0 Å². The van der Waals surface area contributed by atoms with E-state index in [0.717, 1.165) is 37.3 Å². The topological polar surface area (TPSA) is 87.1 Å². The van der Waals surface area contributed by atoms with E-state index in [9.17, 15) is 4.79 Å². The number of fused-ring (bicyclic) bond motifs is 1. The molecule has 21 heavy (non-hydrogen) atoms. The molecule has 0 aromatic carbocycles. The SMILES string of the molecule is COC(=O)C(=N)/C=C\NCCc1ccc2c(n1)NCCC2. The van der Waals surface area contributed by atoms with Crippen LogP contribution < -0.4 is 10.6 Å². The predicted molar refractivity (Wildman–Crippen MR) is 81.6 cm³/mol. The first-order valence-corrected chi connectivity index (χ1v) is 7.00. The van der Waals surface area contributed by atoms with Crippen LogP contribution in [0.2, 0.25) is 0 Å². The lowest BCUT2D eigenvalue weighted by atomic mass is 10.1.